The van der Waals surface area contributed by atoms with Crippen LogP contribution in [0, 0.1) is 12.3 Å². The van der Waals surface area contributed by atoms with Crippen molar-refractivity contribution in [1.82, 2.24) is 4.98 Å². The molecule has 0 saturated carbocycles. The Kier molecular flexibility index (Phi) is 3.80. The van der Waals surface area contributed by atoms with E-state index >= 15 is 0 Å². The lowest BCUT2D eigenvalue weighted by Gasteiger charge is -2.23. The number of nitrogen functional groups attached to an aromatic ring is 1. The molecule has 0 aliphatic carbocycles. The molecular weight excluding hydrogens is 236 g/mol. The third-order valence-corrected chi connectivity index (χ3v) is 2.99. The maximum Gasteiger partial charge on any atom is 0.141 e. The first-order valence-electron chi connectivity index (χ1n) is 6.26. The number of nitrogens with zero attached hydrogens (tertiary/aromatic N) is 2. The van der Waals surface area contributed by atoms with Gasteiger partial charge in [-0.25, -0.2) is 0 Å². The third kappa shape index (κ3) is 2.91. The van der Waals surface area contributed by atoms with Crippen molar-refractivity contribution in [1.29, 1.82) is 5.41 Å². The lowest BCUT2D eigenvalue weighted by Crippen LogP contribution is -2.18. The van der Waals surface area contributed by atoms with E-state index in [4.69, 9.17) is 11.1 Å². The molecule has 0 amide bonds. The van der Waals surface area contributed by atoms with Gasteiger partial charge in [0.05, 0.1) is 0 Å². The number of hydrogen-bond acceptors (Lipinski definition) is 3. The highest BCUT2D eigenvalue weighted by Crippen LogP contribution is 2.25. The van der Waals surface area contributed by atoms with Crippen molar-refractivity contribution in [3.05, 3.63) is 53.9 Å². The van der Waals surface area contributed by atoms with Crippen molar-refractivity contribution in [3.8, 4) is 0 Å². The lowest BCUT2D eigenvalue weighted by molar-refractivity contribution is 1.02. The zero-order valence-corrected chi connectivity index (χ0v) is 11.2. The molecule has 0 unspecified atom stereocenters. The van der Waals surface area contributed by atoms with Gasteiger partial charge >= 0.3 is 0 Å². The zero-order valence-electron chi connectivity index (χ0n) is 11.2. The SMILES string of the molecule is CCN(c1ccc(C)cc1)c1ccnc(C(=N)N)c1. The smallest absolute Gasteiger partial charge is 0.141 e. The third-order valence-electron chi connectivity index (χ3n) is 2.99. The highest BCUT2D eigenvalue weighted by Gasteiger charge is 2.09. The van der Waals surface area contributed by atoms with E-state index in [0.29, 0.717) is 5.69 Å². The average Bonchev–Trinajstić information content (AvgIpc) is 2.42. The van der Waals surface area contributed by atoms with E-state index in [1.807, 2.05) is 12.1 Å². The summed E-state index contributed by atoms with van der Waals surface area (Å²) in [6.45, 7) is 5.00. The second-order valence-electron chi connectivity index (χ2n) is 4.39. The summed E-state index contributed by atoms with van der Waals surface area (Å²) in [7, 11) is 0. The second kappa shape index (κ2) is 5.52. The van der Waals surface area contributed by atoms with Crippen LogP contribution in [0.2, 0.25) is 0 Å². The summed E-state index contributed by atoms with van der Waals surface area (Å²) < 4.78 is 0. The molecule has 0 bridgehead atoms. The van der Waals surface area contributed by atoms with E-state index in [-0.39, 0.29) is 5.84 Å². The van der Waals surface area contributed by atoms with Gasteiger partial charge in [-0.1, -0.05) is 17.7 Å². The number of benzene rings is 1. The van der Waals surface area contributed by atoms with Crippen LogP contribution in [0.3, 0.4) is 0 Å². The number of nitrogens with one attached hydrogen (secondary N) is 1. The molecule has 0 aliphatic rings. The van der Waals surface area contributed by atoms with Gasteiger partial charge < -0.3 is 10.6 Å². The molecule has 1 heterocycles. The van der Waals surface area contributed by atoms with Gasteiger partial charge in [-0.2, -0.15) is 0 Å². The van der Waals surface area contributed by atoms with Crippen LogP contribution < -0.4 is 10.6 Å². The first kappa shape index (κ1) is 13.1. The fourth-order valence-corrected chi connectivity index (χ4v) is 1.97. The Hall–Kier alpha value is -2.36. The van der Waals surface area contributed by atoms with Crippen molar-refractivity contribution >= 4 is 17.2 Å². The number of hydrogen-bond donors (Lipinski definition) is 2. The molecule has 0 aliphatic heterocycles. The van der Waals surface area contributed by atoms with Crippen LogP contribution in [0.25, 0.3) is 0 Å². The minimum atomic E-state index is -0.0122. The number of aromatic nitrogens is 1. The summed E-state index contributed by atoms with van der Waals surface area (Å²) >= 11 is 0. The van der Waals surface area contributed by atoms with Crippen LogP contribution in [0.4, 0.5) is 11.4 Å². The van der Waals surface area contributed by atoms with Gasteiger partial charge in [0.15, 0.2) is 0 Å². The number of pyridine rings is 1. The van der Waals surface area contributed by atoms with E-state index in [9.17, 15) is 0 Å². The first-order valence-corrected chi connectivity index (χ1v) is 6.26. The van der Waals surface area contributed by atoms with E-state index in [0.717, 1.165) is 17.9 Å². The predicted octanol–water partition coefficient (Wildman–Crippen LogP) is 2.83. The average molecular weight is 254 g/mol. The Morgan fingerprint density at radius 2 is 1.89 bits per heavy atom. The fourth-order valence-electron chi connectivity index (χ4n) is 1.97. The van der Waals surface area contributed by atoms with Crippen molar-refractivity contribution in [2.45, 2.75) is 13.8 Å². The summed E-state index contributed by atoms with van der Waals surface area (Å²) in [6, 6.07) is 12.1. The minimum Gasteiger partial charge on any atom is -0.382 e. The Morgan fingerprint density at radius 1 is 1.21 bits per heavy atom. The van der Waals surface area contributed by atoms with Gasteiger partial charge in [0.2, 0.25) is 0 Å². The largest absolute Gasteiger partial charge is 0.382 e. The highest BCUT2D eigenvalue weighted by molar-refractivity contribution is 5.94. The quantitative estimate of drug-likeness (QED) is 0.651. The van der Waals surface area contributed by atoms with E-state index in [1.54, 1.807) is 6.20 Å². The Bertz CT molecular complexity index is 575. The number of amidine groups is 1. The first-order chi connectivity index (χ1) is 9.11. The van der Waals surface area contributed by atoms with Crippen LogP contribution in [0.5, 0.6) is 0 Å². The summed E-state index contributed by atoms with van der Waals surface area (Å²) in [5.74, 6) is -0.0122. The van der Waals surface area contributed by atoms with Gasteiger partial charge in [-0.05, 0) is 38.1 Å². The Morgan fingerprint density at radius 3 is 2.47 bits per heavy atom. The van der Waals surface area contributed by atoms with Gasteiger partial charge in [0, 0.05) is 24.1 Å². The van der Waals surface area contributed by atoms with Crippen LogP contribution in [0.1, 0.15) is 18.2 Å². The van der Waals surface area contributed by atoms with Crippen LogP contribution in [0.15, 0.2) is 42.6 Å². The van der Waals surface area contributed by atoms with E-state index < -0.39 is 0 Å². The second-order valence-corrected chi connectivity index (χ2v) is 4.39. The monoisotopic (exact) mass is 254 g/mol. The molecule has 19 heavy (non-hydrogen) atoms. The molecule has 0 radical (unpaired) electrons. The van der Waals surface area contributed by atoms with Crippen LogP contribution >= 0.6 is 0 Å². The normalized spacial score (nSPS) is 10.2. The van der Waals surface area contributed by atoms with Crippen molar-refractivity contribution in [3.63, 3.8) is 0 Å². The molecule has 0 fully saturated rings. The molecule has 0 atom stereocenters. The number of rotatable bonds is 4. The molecule has 0 saturated heterocycles. The van der Waals surface area contributed by atoms with Gasteiger partial charge in [0.25, 0.3) is 0 Å². The van der Waals surface area contributed by atoms with Crippen molar-refractivity contribution < 1.29 is 0 Å². The summed E-state index contributed by atoms with van der Waals surface area (Å²) in [4.78, 5) is 6.25. The summed E-state index contributed by atoms with van der Waals surface area (Å²) in [5.41, 5.74) is 9.33. The Labute approximate surface area is 113 Å². The zero-order chi connectivity index (χ0) is 13.8. The predicted molar refractivity (Wildman–Crippen MR) is 79.1 cm³/mol. The topological polar surface area (TPSA) is 66.0 Å². The summed E-state index contributed by atoms with van der Waals surface area (Å²) in [6.07, 6.45) is 1.68. The molecule has 2 aromatic rings. The molecule has 1 aromatic heterocycles. The van der Waals surface area contributed by atoms with Crippen molar-refractivity contribution in [2.75, 3.05) is 11.4 Å². The fraction of sp³-hybridized carbons (Fsp3) is 0.200. The Balaban J connectivity index is 2.39. The molecule has 98 valence electrons. The number of aryl methyl sites for hydroxylation is 1. The van der Waals surface area contributed by atoms with Crippen LogP contribution in [-0.2, 0) is 0 Å². The number of anilines is 2. The molecular formula is C15H18N4. The molecule has 2 rings (SSSR count). The van der Waals surface area contributed by atoms with Crippen LogP contribution in [-0.4, -0.2) is 17.4 Å². The maximum atomic E-state index is 7.46. The number of nitrogens with two attached hydrogens (primary N) is 1. The standard InChI is InChI=1S/C15H18N4/c1-3-19(12-6-4-11(2)5-7-12)13-8-9-18-14(10-13)15(16)17/h4-10H,3H2,1-2H3,(H3,16,17). The minimum absolute atomic E-state index is 0.0122. The molecule has 3 N–H and O–H groups in total. The van der Waals surface area contributed by atoms with E-state index in [1.165, 1.54) is 5.56 Å². The molecule has 4 nitrogen and oxygen atoms in total. The molecule has 1 aromatic carbocycles. The maximum absolute atomic E-state index is 7.46. The summed E-state index contributed by atoms with van der Waals surface area (Å²) in [5, 5.41) is 7.46. The van der Waals surface area contributed by atoms with Gasteiger partial charge in [-0.15, -0.1) is 0 Å². The van der Waals surface area contributed by atoms with E-state index in [2.05, 4.69) is 48.0 Å². The highest BCUT2D eigenvalue weighted by atomic mass is 15.1. The lowest BCUT2D eigenvalue weighted by atomic mass is 10.2. The molecule has 0 spiro atoms. The molecule has 4 heteroatoms. The van der Waals surface area contributed by atoms with Gasteiger partial charge in [-0.3, -0.25) is 10.4 Å². The van der Waals surface area contributed by atoms with Crippen molar-refractivity contribution in [2.24, 2.45) is 5.73 Å². The van der Waals surface area contributed by atoms with Gasteiger partial charge in [0.1, 0.15) is 11.5 Å².